The first kappa shape index (κ1) is 21.0. The van der Waals surface area contributed by atoms with Crippen LogP contribution in [-0.2, 0) is 14.5 Å². The third-order valence-electron chi connectivity index (χ3n) is 5.41. The molecule has 0 radical (unpaired) electrons. The van der Waals surface area contributed by atoms with Crippen molar-refractivity contribution in [3.05, 3.63) is 42.6 Å². The minimum atomic E-state index is -2.33. The summed E-state index contributed by atoms with van der Waals surface area (Å²) in [7, 11) is -2.33. The molecule has 32 heavy (non-hydrogen) atoms. The molecule has 2 N–H and O–H groups in total. The zero-order chi connectivity index (χ0) is 22.1. The molecule has 9 nitrogen and oxygen atoms in total. The van der Waals surface area contributed by atoms with E-state index in [9.17, 15) is 9.32 Å². The van der Waals surface area contributed by atoms with Crippen molar-refractivity contribution in [3.8, 4) is 5.88 Å². The molecule has 2 fully saturated rings. The summed E-state index contributed by atoms with van der Waals surface area (Å²) >= 11 is 0. The van der Waals surface area contributed by atoms with Crippen molar-refractivity contribution in [1.29, 1.82) is 0 Å². The normalized spacial score (nSPS) is 22.2. The van der Waals surface area contributed by atoms with E-state index in [1.165, 1.54) is 12.4 Å². The molecule has 11 heteroatoms. The van der Waals surface area contributed by atoms with Crippen LogP contribution in [0, 0.1) is 5.82 Å². The number of hydrogen-bond acceptors (Lipinski definition) is 9. The molecule has 168 valence electrons. The number of nitrogens with one attached hydrogen (secondary N) is 1. The Morgan fingerprint density at radius 1 is 1.22 bits per heavy atom. The van der Waals surface area contributed by atoms with Gasteiger partial charge in [0.25, 0.3) is 0 Å². The predicted octanol–water partition coefficient (Wildman–Crippen LogP) is 2.94. The Bertz CT molecular complexity index is 1270. The Kier molecular flexibility index (Phi) is 5.62. The van der Waals surface area contributed by atoms with E-state index in [-0.39, 0.29) is 30.3 Å². The van der Waals surface area contributed by atoms with Crippen LogP contribution in [0.1, 0.15) is 12.8 Å². The van der Waals surface area contributed by atoms with Crippen LogP contribution in [0.25, 0.3) is 10.9 Å². The van der Waals surface area contributed by atoms with E-state index >= 15 is 4.39 Å². The van der Waals surface area contributed by atoms with Gasteiger partial charge in [0.05, 0.1) is 39.5 Å². The van der Waals surface area contributed by atoms with E-state index in [1.54, 1.807) is 24.4 Å². The minimum absolute atomic E-state index is 0.173. The van der Waals surface area contributed by atoms with E-state index in [0.717, 1.165) is 12.8 Å². The molecule has 3 aromatic rings. The maximum absolute atomic E-state index is 15.1. The zero-order valence-electron chi connectivity index (χ0n) is 17.1. The van der Waals surface area contributed by atoms with Crippen molar-refractivity contribution in [3.63, 3.8) is 0 Å². The standard InChI is InChI=1S/C21H22FN5O4S/c22-14-8-13(27-32(29)6-1-2-7-32)9-16-19(14)20(25-12-24-16)26-15-4-3-5-23-21(15)31-18-11-30-10-17(18)28/h3-5,8-9,12,17-18,28H,1-2,6-7,10-11H2,(H,24,25,26)/t17-,18+/m1/s1. The first-order valence-electron chi connectivity index (χ1n) is 10.3. The van der Waals surface area contributed by atoms with Crippen molar-refractivity contribution in [2.45, 2.75) is 25.0 Å². The van der Waals surface area contributed by atoms with Crippen molar-refractivity contribution in [2.75, 3.05) is 30.0 Å². The second-order valence-corrected chi connectivity index (χ2v) is 10.3. The number of nitrogens with zero attached hydrogens (tertiary/aromatic N) is 4. The van der Waals surface area contributed by atoms with Crippen LogP contribution in [0.4, 0.5) is 21.6 Å². The van der Waals surface area contributed by atoms with Gasteiger partial charge in [-0.1, -0.05) is 0 Å². The van der Waals surface area contributed by atoms with Crippen molar-refractivity contribution in [2.24, 2.45) is 4.36 Å². The van der Waals surface area contributed by atoms with Crippen LogP contribution in [0.15, 0.2) is 41.2 Å². The van der Waals surface area contributed by atoms with Crippen LogP contribution >= 0.6 is 0 Å². The lowest BCUT2D eigenvalue weighted by molar-refractivity contribution is 0.0709. The molecule has 2 aromatic heterocycles. The highest BCUT2D eigenvalue weighted by molar-refractivity contribution is 7.93. The van der Waals surface area contributed by atoms with Gasteiger partial charge in [0.2, 0.25) is 5.88 Å². The summed E-state index contributed by atoms with van der Waals surface area (Å²) in [5, 5.41) is 13.2. The number of hydrogen-bond donors (Lipinski definition) is 2. The maximum atomic E-state index is 15.1. The third kappa shape index (κ3) is 4.23. The van der Waals surface area contributed by atoms with Gasteiger partial charge in [0.1, 0.15) is 29.8 Å². The zero-order valence-corrected chi connectivity index (χ0v) is 17.9. The monoisotopic (exact) mass is 459 g/mol. The molecule has 1 aromatic carbocycles. The summed E-state index contributed by atoms with van der Waals surface area (Å²) in [6, 6.07) is 6.29. The van der Waals surface area contributed by atoms with Crippen molar-refractivity contribution < 1.29 is 23.2 Å². The minimum Gasteiger partial charge on any atom is -0.468 e. The third-order valence-corrected chi connectivity index (χ3v) is 7.81. The van der Waals surface area contributed by atoms with Gasteiger partial charge in [0, 0.05) is 23.8 Å². The van der Waals surface area contributed by atoms with Gasteiger partial charge in [-0.25, -0.2) is 23.6 Å². The lowest BCUT2D eigenvalue weighted by atomic mass is 10.2. The van der Waals surface area contributed by atoms with Gasteiger partial charge in [-0.3, -0.25) is 0 Å². The number of rotatable bonds is 5. The van der Waals surface area contributed by atoms with Crippen LogP contribution in [0.2, 0.25) is 0 Å². The van der Waals surface area contributed by atoms with E-state index in [0.29, 0.717) is 28.4 Å². The number of halogens is 1. The van der Waals surface area contributed by atoms with E-state index in [4.69, 9.17) is 9.47 Å². The van der Waals surface area contributed by atoms with Gasteiger partial charge in [-0.2, -0.15) is 4.36 Å². The highest BCUT2D eigenvalue weighted by atomic mass is 32.2. The van der Waals surface area contributed by atoms with Gasteiger partial charge in [-0.15, -0.1) is 0 Å². The molecule has 0 aliphatic carbocycles. The van der Waals surface area contributed by atoms with Crippen LogP contribution in [0.5, 0.6) is 5.88 Å². The number of pyridine rings is 1. The van der Waals surface area contributed by atoms with Gasteiger partial charge >= 0.3 is 0 Å². The number of ether oxygens (including phenoxy) is 2. The Hall–Kier alpha value is -2.89. The average molecular weight is 460 g/mol. The lowest BCUT2D eigenvalue weighted by Crippen LogP contribution is -2.30. The first-order chi connectivity index (χ1) is 15.5. The predicted molar refractivity (Wildman–Crippen MR) is 117 cm³/mol. The SMILES string of the molecule is O=S1(=Nc2cc(F)c3c(Nc4cccnc4O[C@H]4COC[C@H]4O)ncnc3c2)CCCC1. The van der Waals surface area contributed by atoms with E-state index < -0.39 is 27.8 Å². The highest BCUT2D eigenvalue weighted by Crippen LogP contribution is 2.33. The molecule has 2 aliphatic heterocycles. The van der Waals surface area contributed by atoms with Crippen LogP contribution in [-0.4, -0.2) is 61.2 Å². The Morgan fingerprint density at radius 3 is 2.84 bits per heavy atom. The summed E-state index contributed by atoms with van der Waals surface area (Å²) in [5.74, 6) is 0.960. The first-order valence-corrected chi connectivity index (χ1v) is 12.2. The molecule has 0 unspecified atom stereocenters. The summed E-state index contributed by atoms with van der Waals surface area (Å²) in [6.45, 7) is 0.444. The fourth-order valence-electron chi connectivity index (χ4n) is 3.80. The second-order valence-electron chi connectivity index (χ2n) is 7.77. The van der Waals surface area contributed by atoms with Gasteiger partial charge < -0.3 is 19.9 Å². The molecule has 2 atom stereocenters. The molecule has 4 heterocycles. The molecule has 0 amide bonds. The van der Waals surface area contributed by atoms with Crippen LogP contribution < -0.4 is 10.1 Å². The molecule has 0 spiro atoms. The smallest absolute Gasteiger partial charge is 0.238 e. The molecule has 2 saturated heterocycles. The van der Waals surface area contributed by atoms with Crippen LogP contribution in [0.3, 0.4) is 0 Å². The fourth-order valence-corrected chi connectivity index (χ4v) is 5.99. The topological polar surface area (TPSA) is 119 Å². The van der Waals surface area contributed by atoms with Crippen molar-refractivity contribution in [1.82, 2.24) is 15.0 Å². The quantitative estimate of drug-likeness (QED) is 0.598. The summed E-state index contributed by atoms with van der Waals surface area (Å²) in [4.78, 5) is 12.6. The average Bonchev–Trinajstić information content (AvgIpc) is 3.37. The fraction of sp³-hybridized carbons (Fsp3) is 0.381. The number of aliphatic hydroxyl groups excluding tert-OH is 1. The number of aromatic nitrogens is 3. The summed E-state index contributed by atoms with van der Waals surface area (Å²) < 4.78 is 43.2. The lowest BCUT2D eigenvalue weighted by Gasteiger charge is -2.17. The molecular weight excluding hydrogens is 437 g/mol. The Balaban J connectivity index is 1.49. The summed E-state index contributed by atoms with van der Waals surface area (Å²) in [5.41, 5.74) is 1.11. The van der Waals surface area contributed by atoms with Gasteiger partial charge in [0.15, 0.2) is 6.10 Å². The number of benzene rings is 1. The highest BCUT2D eigenvalue weighted by Gasteiger charge is 2.29. The number of anilines is 2. The molecule has 0 bridgehead atoms. The Labute approximate surface area is 184 Å². The van der Waals surface area contributed by atoms with Gasteiger partial charge in [-0.05, 0) is 31.0 Å². The largest absolute Gasteiger partial charge is 0.468 e. The van der Waals surface area contributed by atoms with E-state index in [1.807, 2.05) is 0 Å². The van der Waals surface area contributed by atoms with Crippen molar-refractivity contribution >= 4 is 37.8 Å². The number of fused-ring (bicyclic) bond motifs is 1. The molecular formula is C21H22FN5O4S. The second kappa shape index (κ2) is 8.57. The Morgan fingerprint density at radius 2 is 2.06 bits per heavy atom. The summed E-state index contributed by atoms with van der Waals surface area (Å²) in [6.07, 6.45) is 3.30. The number of aliphatic hydroxyl groups is 1. The van der Waals surface area contributed by atoms with E-state index in [2.05, 4.69) is 24.6 Å². The molecule has 0 saturated carbocycles. The maximum Gasteiger partial charge on any atom is 0.238 e. The molecule has 2 aliphatic rings. The molecule has 5 rings (SSSR count).